The van der Waals surface area contributed by atoms with E-state index < -0.39 is 0 Å². The molecule has 0 rings (SSSR count). The second-order valence-corrected chi connectivity index (χ2v) is 6.71. The van der Waals surface area contributed by atoms with Crippen LogP contribution >= 0.6 is 0 Å². The van der Waals surface area contributed by atoms with Gasteiger partial charge in [-0.2, -0.15) is 0 Å². The summed E-state index contributed by atoms with van der Waals surface area (Å²) in [4.78, 5) is 0. The maximum atomic E-state index is 2.35. The Hall–Kier alpha value is -0.0800. The molecule has 21 heavy (non-hydrogen) atoms. The van der Waals surface area contributed by atoms with Crippen molar-refractivity contribution in [2.24, 2.45) is 0 Å². The smallest absolute Gasteiger partial charge is 0.0786 e. The van der Waals surface area contributed by atoms with Gasteiger partial charge in [0, 0.05) is 0 Å². The van der Waals surface area contributed by atoms with Gasteiger partial charge in [0.15, 0.2) is 0 Å². The lowest BCUT2D eigenvalue weighted by molar-refractivity contribution is -0.928. The van der Waals surface area contributed by atoms with Gasteiger partial charge in [0.25, 0.3) is 0 Å². The molecule has 0 saturated carbocycles. The molecule has 0 unspecified atom stereocenters. The van der Waals surface area contributed by atoms with E-state index in [0.29, 0.717) is 0 Å². The van der Waals surface area contributed by atoms with Crippen LogP contribution < -0.4 is 0 Å². The maximum absolute atomic E-state index is 2.35. The fraction of sp³-hybridized carbons (Fsp3) is 1.00. The van der Waals surface area contributed by atoms with E-state index in [-0.39, 0.29) is 5.48 Å². The summed E-state index contributed by atoms with van der Waals surface area (Å²) in [6, 6.07) is 0. The highest BCUT2D eigenvalue weighted by Crippen LogP contribution is 2.15. The highest BCUT2D eigenvalue weighted by atomic mass is 16.0. The van der Waals surface area contributed by atoms with Gasteiger partial charge in [0.1, 0.15) is 0 Å². The van der Waals surface area contributed by atoms with Crippen LogP contribution in [-0.2, 0) is 0 Å². The topological polar surface area (TPSA) is 30.0 Å². The summed E-state index contributed by atoms with van der Waals surface area (Å²) in [5.74, 6) is 0. The first-order valence-corrected chi connectivity index (χ1v) is 9.59. The molecule has 2 nitrogen and oxygen atoms in total. The van der Waals surface area contributed by atoms with E-state index >= 15 is 0 Å². The number of hydrogen-bond acceptors (Lipinski definition) is 1. The van der Waals surface area contributed by atoms with Gasteiger partial charge in [0.2, 0.25) is 0 Å². The van der Waals surface area contributed by atoms with E-state index in [1.165, 1.54) is 101 Å². The molecule has 0 aliphatic rings. The normalized spacial score (nSPS) is 11.4. The molecule has 0 aliphatic carbocycles. The molecule has 1 N–H and O–H groups in total. The van der Waals surface area contributed by atoms with Crippen LogP contribution in [0.4, 0.5) is 0 Å². The van der Waals surface area contributed by atoms with Crippen LogP contribution in [0.3, 0.4) is 0 Å². The van der Waals surface area contributed by atoms with Crippen molar-refractivity contribution in [3.8, 4) is 0 Å². The fourth-order valence-corrected chi connectivity index (χ4v) is 3.67. The van der Waals surface area contributed by atoms with Gasteiger partial charge in [-0.15, -0.1) is 0 Å². The van der Waals surface area contributed by atoms with Gasteiger partial charge in [-0.25, -0.2) is 0 Å². The lowest BCUT2D eigenvalue weighted by Gasteiger charge is -2.38. The van der Waals surface area contributed by atoms with Crippen molar-refractivity contribution in [1.29, 1.82) is 0 Å². The molecule has 0 bridgehead atoms. The lowest BCUT2D eigenvalue weighted by atomic mass is 10.1. The van der Waals surface area contributed by atoms with Crippen molar-refractivity contribution >= 4 is 0 Å². The van der Waals surface area contributed by atoms with Crippen molar-refractivity contribution in [3.63, 3.8) is 0 Å². The summed E-state index contributed by atoms with van der Waals surface area (Å²) in [6.07, 6.45) is 15.6. The second kappa shape index (κ2) is 16.3. The Morgan fingerprint density at radius 3 is 1.19 bits per heavy atom. The van der Waals surface area contributed by atoms with Gasteiger partial charge in [-0.1, -0.05) is 66.2 Å². The Kier molecular flexibility index (Phi) is 18.0. The molecule has 0 radical (unpaired) electrons. The van der Waals surface area contributed by atoms with Crippen molar-refractivity contribution in [1.82, 2.24) is 0 Å². The fourth-order valence-electron chi connectivity index (χ4n) is 3.67. The van der Waals surface area contributed by atoms with Crippen LogP contribution in [0.15, 0.2) is 0 Å². The van der Waals surface area contributed by atoms with Crippen molar-refractivity contribution < 1.29 is 9.96 Å². The van der Waals surface area contributed by atoms with Crippen LogP contribution in [0, 0.1) is 0 Å². The average Bonchev–Trinajstić information content (AvgIpc) is 2.43. The highest BCUT2D eigenvalue weighted by Gasteiger charge is 2.23. The Labute approximate surface area is 135 Å². The maximum Gasteiger partial charge on any atom is 0.0786 e. The molecule has 0 amide bonds. The Morgan fingerprint density at radius 2 is 0.810 bits per heavy atom. The van der Waals surface area contributed by atoms with E-state index in [1.54, 1.807) is 0 Å². The molecule has 130 valence electrons. The van der Waals surface area contributed by atoms with Gasteiger partial charge < -0.3 is 9.96 Å². The van der Waals surface area contributed by atoms with Crippen molar-refractivity contribution in [2.45, 2.75) is 98.3 Å². The summed E-state index contributed by atoms with van der Waals surface area (Å²) < 4.78 is 1.40. The molecule has 0 fully saturated rings. The predicted molar refractivity (Wildman–Crippen MR) is 95.1 cm³/mol. The first-order valence-electron chi connectivity index (χ1n) is 9.59. The predicted octanol–water partition coefficient (Wildman–Crippen LogP) is 6.00. The van der Waals surface area contributed by atoms with E-state index in [0.717, 1.165) is 0 Å². The third-order valence-corrected chi connectivity index (χ3v) is 4.58. The van der Waals surface area contributed by atoms with Gasteiger partial charge in [-0.3, -0.25) is 0 Å². The third-order valence-electron chi connectivity index (χ3n) is 4.58. The molecule has 0 spiro atoms. The first-order chi connectivity index (χ1) is 9.74. The minimum atomic E-state index is 0. The molecule has 0 aromatic heterocycles. The quantitative estimate of drug-likeness (QED) is 0.269. The number of hydrogen-bond donors (Lipinski definition) is 0. The zero-order valence-corrected chi connectivity index (χ0v) is 15.5. The van der Waals surface area contributed by atoms with E-state index in [9.17, 15) is 0 Å². The van der Waals surface area contributed by atoms with E-state index in [2.05, 4.69) is 27.7 Å². The first kappa shape index (κ1) is 23.2. The summed E-state index contributed by atoms with van der Waals surface area (Å²) in [7, 11) is 0. The average molecular weight is 302 g/mol. The van der Waals surface area contributed by atoms with Crippen molar-refractivity contribution in [2.75, 3.05) is 26.2 Å². The van der Waals surface area contributed by atoms with Gasteiger partial charge in [0.05, 0.1) is 26.2 Å². The molecule has 2 heteroatoms. The molecule has 0 saturated heterocycles. The van der Waals surface area contributed by atoms with Gasteiger partial charge >= 0.3 is 0 Å². The van der Waals surface area contributed by atoms with Crippen LogP contribution in [0.2, 0.25) is 0 Å². The third kappa shape index (κ3) is 12.2. The Bertz CT molecular complexity index is 177. The zero-order valence-electron chi connectivity index (χ0n) is 15.5. The summed E-state index contributed by atoms with van der Waals surface area (Å²) >= 11 is 0. The molecular weight excluding hydrogens is 258 g/mol. The zero-order chi connectivity index (χ0) is 15.1. The Morgan fingerprint density at radius 1 is 0.429 bits per heavy atom. The largest absolute Gasteiger partial charge is 0.870 e. The standard InChI is InChI=1S/C19H42N.H2O/c1-5-9-10-11-12-13-14-15-19-20(16-6-2,17-7-3)18-8-4;/h5-19H2,1-4H3;1H2/q+1;/p-1. The van der Waals surface area contributed by atoms with E-state index in [1.807, 2.05) is 0 Å². The highest BCUT2D eigenvalue weighted by molar-refractivity contribution is 4.49. The number of unbranched alkanes of at least 4 members (excludes halogenated alkanes) is 7. The Balaban J connectivity index is 0. The molecular formula is C19H43NO. The number of quaternary nitrogens is 1. The summed E-state index contributed by atoms with van der Waals surface area (Å²) in [5.41, 5.74) is 0. The molecule has 0 aromatic carbocycles. The minimum absolute atomic E-state index is 0. The minimum Gasteiger partial charge on any atom is -0.870 e. The number of nitrogens with zero attached hydrogens (tertiary/aromatic N) is 1. The molecule has 0 atom stereocenters. The molecule has 0 heterocycles. The monoisotopic (exact) mass is 301 g/mol. The van der Waals surface area contributed by atoms with Crippen LogP contribution in [0.5, 0.6) is 0 Å². The summed E-state index contributed by atoms with van der Waals surface area (Å²) in [5, 5.41) is 0. The summed E-state index contributed by atoms with van der Waals surface area (Å²) in [6.45, 7) is 15.0. The van der Waals surface area contributed by atoms with Gasteiger partial charge in [-0.05, 0) is 32.1 Å². The lowest BCUT2D eigenvalue weighted by Crippen LogP contribution is -2.50. The second-order valence-electron chi connectivity index (χ2n) is 6.71. The van der Waals surface area contributed by atoms with E-state index in [4.69, 9.17) is 0 Å². The van der Waals surface area contributed by atoms with Crippen LogP contribution in [0.25, 0.3) is 0 Å². The molecule has 0 aromatic rings. The molecule has 0 aliphatic heterocycles. The van der Waals surface area contributed by atoms with Crippen molar-refractivity contribution in [3.05, 3.63) is 0 Å². The number of rotatable bonds is 15. The van der Waals surface area contributed by atoms with Crippen LogP contribution in [-0.4, -0.2) is 36.1 Å². The SMILES string of the molecule is CCCCCCCCCC[N+](CCC)(CCC)CCC.[OH-]. The van der Waals surface area contributed by atoms with Crippen LogP contribution in [0.1, 0.15) is 98.3 Å².